The van der Waals surface area contributed by atoms with Gasteiger partial charge in [-0.25, -0.2) is 0 Å². The van der Waals surface area contributed by atoms with Gasteiger partial charge in [-0.3, -0.25) is 4.79 Å². The van der Waals surface area contributed by atoms with E-state index in [0.717, 1.165) is 18.4 Å². The highest BCUT2D eigenvalue weighted by Crippen LogP contribution is 2.32. The predicted octanol–water partition coefficient (Wildman–Crippen LogP) is 4.47. The summed E-state index contributed by atoms with van der Waals surface area (Å²) >= 11 is 6.00. The van der Waals surface area contributed by atoms with Crippen LogP contribution in [-0.2, 0) is 10.2 Å². The third-order valence-corrected chi connectivity index (χ3v) is 5.34. The number of rotatable bonds is 9. The zero-order valence-electron chi connectivity index (χ0n) is 16.4. The van der Waals surface area contributed by atoms with Gasteiger partial charge in [0.1, 0.15) is 0 Å². The molecule has 1 N–H and O–H groups in total. The lowest BCUT2D eigenvalue weighted by Gasteiger charge is -2.32. The van der Waals surface area contributed by atoms with Gasteiger partial charge in [-0.2, -0.15) is 5.26 Å². The summed E-state index contributed by atoms with van der Waals surface area (Å²) in [6, 6.07) is 14.6. The van der Waals surface area contributed by atoms with Crippen LogP contribution in [0.25, 0.3) is 0 Å². The minimum Gasteiger partial charge on any atom is -0.493 e. The van der Waals surface area contributed by atoms with Crippen molar-refractivity contribution in [2.45, 2.75) is 32.1 Å². The summed E-state index contributed by atoms with van der Waals surface area (Å²) in [5.74, 6) is 0.628. The molecule has 1 amide bonds. The first-order valence-corrected chi connectivity index (χ1v) is 9.59. The van der Waals surface area contributed by atoms with Crippen molar-refractivity contribution in [3.8, 4) is 17.6 Å². The van der Waals surface area contributed by atoms with Crippen molar-refractivity contribution < 1.29 is 14.3 Å². The van der Waals surface area contributed by atoms with E-state index in [0.29, 0.717) is 28.6 Å². The molecule has 0 fully saturated rings. The van der Waals surface area contributed by atoms with Gasteiger partial charge in [0.05, 0.1) is 18.7 Å². The molecule has 0 radical (unpaired) electrons. The fourth-order valence-corrected chi connectivity index (χ4v) is 3.26. The maximum atomic E-state index is 12.4. The molecule has 2 aromatic carbocycles. The van der Waals surface area contributed by atoms with Crippen LogP contribution in [0.15, 0.2) is 42.5 Å². The molecule has 0 saturated carbocycles. The summed E-state index contributed by atoms with van der Waals surface area (Å²) in [5, 5.41) is 12.6. The van der Waals surface area contributed by atoms with Crippen molar-refractivity contribution in [2.24, 2.45) is 0 Å². The molecule has 2 aromatic rings. The van der Waals surface area contributed by atoms with Gasteiger partial charge in [0.25, 0.3) is 5.91 Å². The van der Waals surface area contributed by atoms with Crippen LogP contribution in [0.1, 0.15) is 37.8 Å². The zero-order chi connectivity index (χ0) is 20.6. The Bertz CT molecular complexity index is 840. The highest BCUT2D eigenvalue weighted by atomic mass is 35.5. The Kier molecular flexibility index (Phi) is 7.71. The Morgan fingerprint density at radius 2 is 1.82 bits per heavy atom. The topological polar surface area (TPSA) is 71.3 Å². The minimum atomic E-state index is -0.216. The summed E-state index contributed by atoms with van der Waals surface area (Å²) < 4.78 is 10.8. The van der Waals surface area contributed by atoms with E-state index in [-0.39, 0.29) is 17.9 Å². The van der Waals surface area contributed by atoms with Gasteiger partial charge in [-0.05, 0) is 42.7 Å². The van der Waals surface area contributed by atoms with E-state index in [4.69, 9.17) is 26.3 Å². The monoisotopic (exact) mass is 400 g/mol. The van der Waals surface area contributed by atoms with Gasteiger partial charge in [-0.15, -0.1) is 0 Å². The molecule has 0 bridgehead atoms. The number of benzene rings is 2. The maximum Gasteiger partial charge on any atom is 0.257 e. The van der Waals surface area contributed by atoms with Crippen LogP contribution in [0, 0.1) is 11.3 Å². The highest BCUT2D eigenvalue weighted by Gasteiger charge is 2.29. The second kappa shape index (κ2) is 10.0. The summed E-state index contributed by atoms with van der Waals surface area (Å²) in [5.41, 5.74) is 1.45. The van der Waals surface area contributed by atoms with Gasteiger partial charge < -0.3 is 14.8 Å². The quantitative estimate of drug-likeness (QED) is 0.673. The molecule has 0 aliphatic carbocycles. The predicted molar refractivity (Wildman–Crippen MR) is 110 cm³/mol. The van der Waals surface area contributed by atoms with E-state index in [2.05, 4.69) is 19.2 Å². The van der Waals surface area contributed by atoms with Crippen molar-refractivity contribution >= 4 is 17.5 Å². The number of nitriles is 1. The van der Waals surface area contributed by atoms with E-state index in [1.165, 1.54) is 7.11 Å². The van der Waals surface area contributed by atoms with Crippen LogP contribution in [-0.4, -0.2) is 26.2 Å². The fraction of sp³-hybridized carbons (Fsp3) is 0.364. The van der Waals surface area contributed by atoms with Gasteiger partial charge in [0.2, 0.25) is 0 Å². The molecule has 0 aliphatic rings. The molecule has 0 atom stereocenters. The smallest absolute Gasteiger partial charge is 0.257 e. The molecule has 0 heterocycles. The number of methoxy groups -OCH3 is 1. The van der Waals surface area contributed by atoms with E-state index in [9.17, 15) is 4.79 Å². The van der Waals surface area contributed by atoms with Gasteiger partial charge in [0, 0.05) is 23.0 Å². The minimum absolute atomic E-state index is 0.133. The van der Waals surface area contributed by atoms with E-state index in [1.807, 2.05) is 30.3 Å². The molecular formula is C22H25ClN2O3. The summed E-state index contributed by atoms with van der Waals surface area (Å²) in [6.45, 7) is 4.60. The van der Waals surface area contributed by atoms with Gasteiger partial charge >= 0.3 is 0 Å². The molecule has 0 saturated heterocycles. The Balaban J connectivity index is 2.00. The number of nitrogens with one attached hydrogen (secondary N) is 1. The summed E-state index contributed by atoms with van der Waals surface area (Å²) in [6.07, 6.45) is 1.77. The molecular weight excluding hydrogens is 376 g/mol. The number of hydrogen-bond acceptors (Lipinski definition) is 4. The SMILES string of the molecule is CCC(CC)(CNC(=O)COc1ccc(C#N)cc1OC)c1ccc(Cl)cc1. The average molecular weight is 401 g/mol. The van der Waals surface area contributed by atoms with Crippen molar-refractivity contribution in [1.29, 1.82) is 5.26 Å². The van der Waals surface area contributed by atoms with E-state index < -0.39 is 0 Å². The first kappa shape index (κ1) is 21.6. The lowest BCUT2D eigenvalue weighted by atomic mass is 9.76. The Hall–Kier alpha value is -2.71. The number of carbonyl (C=O) groups is 1. The lowest BCUT2D eigenvalue weighted by molar-refractivity contribution is -0.123. The molecule has 6 heteroatoms. The van der Waals surface area contributed by atoms with Gasteiger partial charge in [0.15, 0.2) is 18.1 Å². The van der Waals surface area contributed by atoms with Crippen LogP contribution in [0.3, 0.4) is 0 Å². The number of ether oxygens (including phenoxy) is 2. The molecule has 148 valence electrons. The molecule has 0 aliphatic heterocycles. The second-order valence-electron chi connectivity index (χ2n) is 6.54. The van der Waals surface area contributed by atoms with Crippen LogP contribution >= 0.6 is 11.6 Å². The standard InChI is InChI=1S/C22H25ClN2O3/c1-4-22(5-2,17-7-9-18(23)10-8-17)15-25-21(26)14-28-19-11-6-16(13-24)12-20(19)27-3/h6-12H,4-5,14-15H2,1-3H3,(H,25,26). The summed E-state index contributed by atoms with van der Waals surface area (Å²) in [7, 11) is 1.49. The number of nitrogens with zero attached hydrogens (tertiary/aromatic N) is 1. The van der Waals surface area contributed by atoms with Crippen LogP contribution in [0.4, 0.5) is 0 Å². The largest absolute Gasteiger partial charge is 0.493 e. The molecule has 0 unspecified atom stereocenters. The Morgan fingerprint density at radius 3 is 2.39 bits per heavy atom. The third kappa shape index (κ3) is 5.17. The zero-order valence-corrected chi connectivity index (χ0v) is 17.2. The lowest BCUT2D eigenvalue weighted by Crippen LogP contribution is -2.41. The molecule has 0 spiro atoms. The third-order valence-electron chi connectivity index (χ3n) is 5.09. The second-order valence-corrected chi connectivity index (χ2v) is 6.97. The Morgan fingerprint density at radius 1 is 1.14 bits per heavy atom. The van der Waals surface area contributed by atoms with Crippen molar-refractivity contribution in [1.82, 2.24) is 5.32 Å². The normalized spacial score (nSPS) is 10.8. The van der Waals surface area contributed by atoms with E-state index >= 15 is 0 Å². The van der Waals surface area contributed by atoms with Crippen molar-refractivity contribution in [3.63, 3.8) is 0 Å². The first-order chi connectivity index (χ1) is 13.5. The molecule has 5 nitrogen and oxygen atoms in total. The van der Waals surface area contributed by atoms with Crippen molar-refractivity contribution in [2.75, 3.05) is 20.3 Å². The molecule has 0 aromatic heterocycles. The number of carbonyl (C=O) groups excluding carboxylic acids is 1. The van der Waals surface area contributed by atoms with Crippen LogP contribution in [0.5, 0.6) is 11.5 Å². The highest BCUT2D eigenvalue weighted by molar-refractivity contribution is 6.30. The fourth-order valence-electron chi connectivity index (χ4n) is 3.13. The van der Waals surface area contributed by atoms with E-state index in [1.54, 1.807) is 18.2 Å². The van der Waals surface area contributed by atoms with Crippen LogP contribution in [0.2, 0.25) is 5.02 Å². The van der Waals surface area contributed by atoms with Crippen LogP contribution < -0.4 is 14.8 Å². The summed E-state index contributed by atoms with van der Waals surface area (Å²) in [4.78, 5) is 12.4. The van der Waals surface area contributed by atoms with Crippen molar-refractivity contribution in [3.05, 3.63) is 58.6 Å². The van der Waals surface area contributed by atoms with Gasteiger partial charge in [-0.1, -0.05) is 37.6 Å². The molecule has 28 heavy (non-hydrogen) atoms. The molecule has 2 rings (SSSR count). The average Bonchev–Trinajstić information content (AvgIpc) is 2.74. The number of halogens is 1. The number of amides is 1. The first-order valence-electron chi connectivity index (χ1n) is 9.21. The number of hydrogen-bond donors (Lipinski definition) is 1. The maximum absolute atomic E-state index is 12.4. The Labute approximate surface area is 171 Å².